The summed E-state index contributed by atoms with van der Waals surface area (Å²) in [6.45, 7) is 9.97. The number of Topliss-reactive ketones (excluding diaryl/α,β-unsaturated/α-hetero) is 1. The second-order valence-corrected chi connectivity index (χ2v) is 5.61. The quantitative estimate of drug-likeness (QED) is 0.803. The molecule has 1 N–H and O–H groups in total. The number of hydrogen-bond acceptors (Lipinski definition) is 2. The van der Waals surface area contributed by atoms with Crippen LogP contribution in [0.25, 0.3) is 0 Å². The Labute approximate surface area is 104 Å². The molecule has 17 heavy (non-hydrogen) atoms. The Kier molecular flexibility index (Phi) is 3.97. The fourth-order valence-corrected chi connectivity index (χ4v) is 1.96. The van der Waals surface area contributed by atoms with E-state index in [-0.39, 0.29) is 16.9 Å². The Balaban J connectivity index is 3.29. The highest BCUT2D eigenvalue weighted by Gasteiger charge is 2.21. The zero-order valence-corrected chi connectivity index (χ0v) is 11.4. The Hall–Kier alpha value is -1.31. The Morgan fingerprint density at radius 1 is 1.29 bits per heavy atom. The van der Waals surface area contributed by atoms with Crippen molar-refractivity contribution in [2.45, 2.75) is 52.9 Å². The lowest BCUT2D eigenvalue weighted by molar-refractivity contribution is 0.0981. The Morgan fingerprint density at radius 3 is 2.35 bits per heavy atom. The minimum atomic E-state index is -0.154. The lowest BCUT2D eigenvalue weighted by Gasteiger charge is -2.22. The zero-order valence-electron chi connectivity index (χ0n) is 11.4. The first-order valence-electron chi connectivity index (χ1n) is 6.14. The molecule has 0 fully saturated rings. The molecule has 1 aromatic rings. The van der Waals surface area contributed by atoms with Crippen LogP contribution in [0.1, 0.15) is 62.0 Å². The molecule has 0 aromatic heterocycles. The van der Waals surface area contributed by atoms with Gasteiger partial charge in [0.05, 0.1) is 0 Å². The molecule has 0 heterocycles. The van der Waals surface area contributed by atoms with Crippen LogP contribution in [0, 0.1) is 6.92 Å². The monoisotopic (exact) mass is 234 g/mol. The van der Waals surface area contributed by atoms with Crippen LogP contribution in [0.5, 0.6) is 5.75 Å². The maximum Gasteiger partial charge on any atom is 0.163 e. The first-order valence-corrected chi connectivity index (χ1v) is 6.14. The van der Waals surface area contributed by atoms with E-state index in [1.807, 2.05) is 40.7 Å². The van der Waals surface area contributed by atoms with Crippen LogP contribution in [-0.4, -0.2) is 10.9 Å². The van der Waals surface area contributed by atoms with Crippen molar-refractivity contribution in [3.05, 3.63) is 28.8 Å². The van der Waals surface area contributed by atoms with Gasteiger partial charge in [-0.25, -0.2) is 0 Å². The maximum atomic E-state index is 12.0. The standard InChI is InChI=1S/C15H22O2/c1-6-7-13(16)11-9-12(15(3,4)5)14(17)8-10(11)2/h8-9,17H,6-7H2,1-5H3. The fraction of sp³-hybridized carbons (Fsp3) is 0.533. The van der Waals surface area contributed by atoms with E-state index in [1.165, 1.54) is 0 Å². The summed E-state index contributed by atoms with van der Waals surface area (Å²) in [4.78, 5) is 12.0. The van der Waals surface area contributed by atoms with Gasteiger partial charge in [-0.05, 0) is 42.0 Å². The molecule has 0 bridgehead atoms. The molecule has 0 aliphatic heterocycles. The first kappa shape index (κ1) is 13.8. The highest BCUT2D eigenvalue weighted by Crippen LogP contribution is 2.33. The van der Waals surface area contributed by atoms with Crippen molar-refractivity contribution in [3.8, 4) is 5.75 Å². The van der Waals surface area contributed by atoms with Gasteiger partial charge >= 0.3 is 0 Å². The number of aryl methyl sites for hydroxylation is 1. The van der Waals surface area contributed by atoms with Gasteiger partial charge in [0, 0.05) is 12.0 Å². The van der Waals surface area contributed by atoms with Crippen molar-refractivity contribution in [1.29, 1.82) is 0 Å². The number of carbonyl (C=O) groups excluding carboxylic acids is 1. The van der Waals surface area contributed by atoms with Gasteiger partial charge in [-0.1, -0.05) is 27.7 Å². The molecule has 1 rings (SSSR count). The minimum absolute atomic E-state index is 0.154. The maximum absolute atomic E-state index is 12.0. The van der Waals surface area contributed by atoms with E-state index in [4.69, 9.17) is 0 Å². The average molecular weight is 234 g/mol. The van der Waals surface area contributed by atoms with Crippen LogP contribution in [0.2, 0.25) is 0 Å². The summed E-state index contributed by atoms with van der Waals surface area (Å²) in [5.74, 6) is 0.443. The molecule has 0 saturated carbocycles. The van der Waals surface area contributed by atoms with Gasteiger partial charge in [0.25, 0.3) is 0 Å². The summed E-state index contributed by atoms with van der Waals surface area (Å²) in [5, 5.41) is 9.95. The van der Waals surface area contributed by atoms with E-state index in [0.717, 1.165) is 23.1 Å². The summed E-state index contributed by atoms with van der Waals surface area (Å²) in [5.41, 5.74) is 2.28. The molecule has 0 radical (unpaired) electrons. The molecule has 0 unspecified atom stereocenters. The first-order chi connectivity index (χ1) is 7.77. The van der Waals surface area contributed by atoms with Crippen molar-refractivity contribution in [3.63, 3.8) is 0 Å². The molecule has 0 aliphatic carbocycles. The second kappa shape index (κ2) is 4.91. The highest BCUT2D eigenvalue weighted by atomic mass is 16.3. The summed E-state index contributed by atoms with van der Waals surface area (Å²) in [7, 11) is 0. The highest BCUT2D eigenvalue weighted by molar-refractivity contribution is 5.97. The van der Waals surface area contributed by atoms with E-state index in [2.05, 4.69) is 0 Å². The third-order valence-electron chi connectivity index (χ3n) is 2.93. The Bertz CT molecular complexity index is 425. The van der Waals surface area contributed by atoms with Gasteiger partial charge in [0.15, 0.2) is 5.78 Å². The van der Waals surface area contributed by atoms with Gasteiger partial charge < -0.3 is 5.11 Å². The summed E-state index contributed by atoms with van der Waals surface area (Å²) < 4.78 is 0. The van der Waals surface area contributed by atoms with Crippen LogP contribution >= 0.6 is 0 Å². The SMILES string of the molecule is CCCC(=O)c1cc(C(C)(C)C)c(O)cc1C. The topological polar surface area (TPSA) is 37.3 Å². The van der Waals surface area contributed by atoms with Crippen molar-refractivity contribution in [2.24, 2.45) is 0 Å². The number of phenols is 1. The van der Waals surface area contributed by atoms with Crippen molar-refractivity contribution >= 4 is 5.78 Å². The molecule has 2 heteroatoms. The smallest absolute Gasteiger partial charge is 0.163 e. The van der Waals surface area contributed by atoms with Gasteiger partial charge in [-0.15, -0.1) is 0 Å². The van der Waals surface area contributed by atoms with Gasteiger partial charge in [0.2, 0.25) is 0 Å². The van der Waals surface area contributed by atoms with Gasteiger partial charge in [-0.3, -0.25) is 4.79 Å². The molecular formula is C15H22O2. The molecule has 0 saturated heterocycles. The van der Waals surface area contributed by atoms with E-state index < -0.39 is 0 Å². The number of hydrogen-bond donors (Lipinski definition) is 1. The number of rotatable bonds is 3. The summed E-state index contributed by atoms with van der Waals surface area (Å²) >= 11 is 0. The molecular weight excluding hydrogens is 212 g/mol. The van der Waals surface area contributed by atoms with E-state index in [0.29, 0.717) is 6.42 Å². The number of carbonyl (C=O) groups is 1. The van der Waals surface area contributed by atoms with Crippen LogP contribution in [0.4, 0.5) is 0 Å². The summed E-state index contributed by atoms with van der Waals surface area (Å²) in [6, 6.07) is 3.55. The zero-order chi connectivity index (χ0) is 13.2. The predicted octanol–water partition coefficient (Wildman–Crippen LogP) is 3.98. The van der Waals surface area contributed by atoms with E-state index in [1.54, 1.807) is 6.07 Å². The largest absolute Gasteiger partial charge is 0.508 e. The van der Waals surface area contributed by atoms with Crippen LogP contribution < -0.4 is 0 Å². The molecule has 0 aliphatic rings. The van der Waals surface area contributed by atoms with Crippen LogP contribution in [0.3, 0.4) is 0 Å². The van der Waals surface area contributed by atoms with Gasteiger partial charge in [0.1, 0.15) is 5.75 Å². The third kappa shape index (κ3) is 3.09. The van der Waals surface area contributed by atoms with Gasteiger partial charge in [-0.2, -0.15) is 0 Å². The molecule has 2 nitrogen and oxygen atoms in total. The molecule has 0 spiro atoms. The lowest BCUT2D eigenvalue weighted by Crippen LogP contribution is -2.13. The fourth-order valence-electron chi connectivity index (χ4n) is 1.96. The predicted molar refractivity (Wildman–Crippen MR) is 70.8 cm³/mol. The van der Waals surface area contributed by atoms with Crippen molar-refractivity contribution in [2.75, 3.05) is 0 Å². The minimum Gasteiger partial charge on any atom is -0.508 e. The van der Waals surface area contributed by atoms with Crippen LogP contribution in [-0.2, 0) is 5.41 Å². The molecule has 0 amide bonds. The number of benzene rings is 1. The number of phenolic OH excluding ortho intramolecular Hbond substituents is 1. The van der Waals surface area contributed by atoms with E-state index in [9.17, 15) is 9.90 Å². The van der Waals surface area contributed by atoms with Crippen LogP contribution in [0.15, 0.2) is 12.1 Å². The lowest BCUT2D eigenvalue weighted by atomic mass is 9.83. The average Bonchev–Trinajstić information content (AvgIpc) is 2.15. The third-order valence-corrected chi connectivity index (χ3v) is 2.93. The molecule has 0 atom stereocenters. The van der Waals surface area contributed by atoms with Crippen molar-refractivity contribution < 1.29 is 9.90 Å². The van der Waals surface area contributed by atoms with Crippen molar-refractivity contribution in [1.82, 2.24) is 0 Å². The molecule has 1 aromatic carbocycles. The normalized spacial score (nSPS) is 11.6. The van der Waals surface area contributed by atoms with E-state index >= 15 is 0 Å². The second-order valence-electron chi connectivity index (χ2n) is 5.61. The molecule has 94 valence electrons. The Morgan fingerprint density at radius 2 is 1.88 bits per heavy atom. The number of ketones is 1. The number of aromatic hydroxyl groups is 1. The summed E-state index contributed by atoms with van der Waals surface area (Å²) in [6.07, 6.45) is 1.42.